The lowest BCUT2D eigenvalue weighted by Crippen LogP contribution is -2.51. The number of rotatable bonds is 5. The monoisotopic (exact) mass is 393 g/mol. The molecule has 4 rings (SSSR count). The Morgan fingerprint density at radius 1 is 1.15 bits per heavy atom. The highest BCUT2D eigenvalue weighted by Crippen LogP contribution is 2.28. The highest BCUT2D eigenvalue weighted by molar-refractivity contribution is 7.88. The average molecular weight is 394 g/mol. The second kappa shape index (κ2) is 8.07. The Bertz CT molecular complexity index is 760. The number of morpholine rings is 1. The van der Waals surface area contributed by atoms with Crippen molar-refractivity contribution in [3.05, 3.63) is 29.3 Å². The first-order valence-corrected chi connectivity index (χ1v) is 12.0. The molecule has 1 atom stereocenters. The molecule has 2 fully saturated rings. The summed E-state index contributed by atoms with van der Waals surface area (Å²) >= 11 is 0. The molecule has 1 aromatic carbocycles. The van der Waals surface area contributed by atoms with Crippen molar-refractivity contribution in [3.63, 3.8) is 0 Å². The van der Waals surface area contributed by atoms with Gasteiger partial charge in [0.2, 0.25) is 10.0 Å². The Kier molecular flexibility index (Phi) is 5.73. The average Bonchev–Trinajstić information content (AvgIpc) is 3.14. The summed E-state index contributed by atoms with van der Waals surface area (Å²) in [6.07, 6.45) is 7.21. The predicted octanol–water partition coefficient (Wildman–Crippen LogP) is 1.39. The molecular formula is C20H31N3O3S. The molecule has 150 valence electrons. The van der Waals surface area contributed by atoms with Crippen LogP contribution < -0.4 is 10.2 Å². The summed E-state index contributed by atoms with van der Waals surface area (Å²) in [6.45, 7) is 4.26. The number of nitrogens with one attached hydrogen (secondary N) is 1. The van der Waals surface area contributed by atoms with Crippen molar-refractivity contribution >= 4 is 15.7 Å². The third-order valence-electron chi connectivity index (χ3n) is 6.15. The van der Waals surface area contributed by atoms with E-state index in [1.807, 2.05) is 0 Å². The van der Waals surface area contributed by atoms with Crippen LogP contribution in [-0.4, -0.2) is 70.5 Å². The first kappa shape index (κ1) is 19.2. The number of fused-ring (bicyclic) bond motifs is 1. The van der Waals surface area contributed by atoms with E-state index in [0.717, 1.165) is 32.5 Å². The van der Waals surface area contributed by atoms with Crippen molar-refractivity contribution in [2.24, 2.45) is 0 Å². The molecule has 0 saturated carbocycles. The van der Waals surface area contributed by atoms with Gasteiger partial charge in [0.15, 0.2) is 0 Å². The van der Waals surface area contributed by atoms with E-state index in [0.29, 0.717) is 25.7 Å². The number of ether oxygens (including phenoxy) is 1. The number of sulfonamides is 1. The van der Waals surface area contributed by atoms with Gasteiger partial charge in [0.05, 0.1) is 19.0 Å². The summed E-state index contributed by atoms with van der Waals surface area (Å²) < 4.78 is 30.7. The maximum Gasteiger partial charge on any atom is 0.211 e. The Morgan fingerprint density at radius 3 is 2.70 bits per heavy atom. The standard InChI is InChI=1S/C20H31N3O3S/c1-27(24,25)23-11-12-26-20(15-23)14-21-18-7-9-22(10-8-18)19-6-5-16-3-2-4-17(16)13-19/h5-6,13,18,20-21H,2-4,7-12,14-15H2,1H3. The summed E-state index contributed by atoms with van der Waals surface area (Å²) in [7, 11) is -3.13. The minimum Gasteiger partial charge on any atom is -0.374 e. The van der Waals surface area contributed by atoms with Crippen LogP contribution in [0.5, 0.6) is 0 Å². The van der Waals surface area contributed by atoms with Crippen LogP contribution in [-0.2, 0) is 27.6 Å². The van der Waals surface area contributed by atoms with E-state index in [2.05, 4.69) is 28.4 Å². The molecule has 2 saturated heterocycles. The molecule has 1 N–H and O–H groups in total. The van der Waals surface area contributed by atoms with Gasteiger partial charge in [0.25, 0.3) is 0 Å². The predicted molar refractivity (Wildman–Crippen MR) is 108 cm³/mol. The van der Waals surface area contributed by atoms with Crippen molar-refractivity contribution in [2.45, 2.75) is 44.2 Å². The van der Waals surface area contributed by atoms with Crippen LogP contribution in [0, 0.1) is 0 Å². The molecule has 6 nitrogen and oxygen atoms in total. The van der Waals surface area contributed by atoms with Gasteiger partial charge in [-0.1, -0.05) is 6.07 Å². The van der Waals surface area contributed by atoms with Crippen molar-refractivity contribution in [2.75, 3.05) is 50.5 Å². The van der Waals surface area contributed by atoms with Gasteiger partial charge >= 0.3 is 0 Å². The third-order valence-corrected chi connectivity index (χ3v) is 7.42. The zero-order valence-electron chi connectivity index (χ0n) is 16.2. The van der Waals surface area contributed by atoms with E-state index in [-0.39, 0.29) is 6.10 Å². The zero-order valence-corrected chi connectivity index (χ0v) is 17.0. The molecule has 0 aromatic heterocycles. The zero-order chi connectivity index (χ0) is 18.9. The Hall–Kier alpha value is -1.15. The molecule has 7 heteroatoms. The van der Waals surface area contributed by atoms with Crippen LogP contribution in [0.2, 0.25) is 0 Å². The lowest BCUT2D eigenvalue weighted by atomic mass is 10.0. The minimum absolute atomic E-state index is 0.0526. The molecule has 0 amide bonds. The second-order valence-corrected chi connectivity index (χ2v) is 10.1. The highest BCUT2D eigenvalue weighted by Gasteiger charge is 2.27. The maximum absolute atomic E-state index is 11.7. The Morgan fingerprint density at radius 2 is 1.93 bits per heavy atom. The molecule has 0 radical (unpaired) electrons. The molecule has 2 heterocycles. The number of hydrogen-bond acceptors (Lipinski definition) is 5. The fraction of sp³-hybridized carbons (Fsp3) is 0.700. The lowest BCUT2D eigenvalue weighted by molar-refractivity contribution is -0.00166. The van der Waals surface area contributed by atoms with E-state index in [4.69, 9.17) is 4.74 Å². The summed E-state index contributed by atoms with van der Waals surface area (Å²) in [5, 5.41) is 3.60. The lowest BCUT2D eigenvalue weighted by Gasteiger charge is -2.36. The van der Waals surface area contributed by atoms with Crippen molar-refractivity contribution < 1.29 is 13.2 Å². The fourth-order valence-corrected chi connectivity index (χ4v) is 5.36. The van der Waals surface area contributed by atoms with E-state index in [1.165, 1.54) is 46.6 Å². The second-order valence-electron chi connectivity index (χ2n) is 8.09. The maximum atomic E-state index is 11.7. The van der Waals surface area contributed by atoms with Crippen LogP contribution in [0.15, 0.2) is 18.2 Å². The van der Waals surface area contributed by atoms with E-state index in [1.54, 1.807) is 0 Å². The number of anilines is 1. The number of piperidine rings is 1. The van der Waals surface area contributed by atoms with Gasteiger partial charge in [-0.2, -0.15) is 4.31 Å². The van der Waals surface area contributed by atoms with Gasteiger partial charge in [-0.25, -0.2) is 8.42 Å². The van der Waals surface area contributed by atoms with Gasteiger partial charge in [-0.05, 0) is 55.4 Å². The van der Waals surface area contributed by atoms with Crippen LogP contribution in [0.25, 0.3) is 0 Å². The molecule has 1 unspecified atom stereocenters. The van der Waals surface area contributed by atoms with Crippen LogP contribution in [0.3, 0.4) is 0 Å². The van der Waals surface area contributed by atoms with Crippen LogP contribution in [0.4, 0.5) is 5.69 Å². The molecule has 2 aliphatic heterocycles. The van der Waals surface area contributed by atoms with Crippen molar-refractivity contribution in [3.8, 4) is 0 Å². The normalized spacial score (nSPS) is 24.9. The number of nitrogens with zero attached hydrogens (tertiary/aromatic N) is 2. The Labute approximate surface area is 162 Å². The highest BCUT2D eigenvalue weighted by atomic mass is 32.2. The van der Waals surface area contributed by atoms with E-state index < -0.39 is 10.0 Å². The molecule has 27 heavy (non-hydrogen) atoms. The first-order valence-electron chi connectivity index (χ1n) is 10.2. The smallest absolute Gasteiger partial charge is 0.211 e. The molecule has 0 bridgehead atoms. The van der Waals surface area contributed by atoms with Gasteiger partial charge in [0, 0.05) is 44.5 Å². The summed E-state index contributed by atoms with van der Waals surface area (Å²) in [6, 6.07) is 7.47. The van der Waals surface area contributed by atoms with Crippen LogP contribution in [0.1, 0.15) is 30.4 Å². The Balaban J connectivity index is 1.24. The van der Waals surface area contributed by atoms with Gasteiger partial charge in [-0.15, -0.1) is 0 Å². The summed E-state index contributed by atoms with van der Waals surface area (Å²) in [4.78, 5) is 2.50. The summed E-state index contributed by atoms with van der Waals surface area (Å²) in [5.74, 6) is 0. The number of aryl methyl sites for hydroxylation is 2. The van der Waals surface area contributed by atoms with Crippen LogP contribution >= 0.6 is 0 Å². The number of benzene rings is 1. The topological polar surface area (TPSA) is 61.9 Å². The largest absolute Gasteiger partial charge is 0.374 e. The molecule has 3 aliphatic rings. The molecule has 0 spiro atoms. The van der Waals surface area contributed by atoms with Gasteiger partial charge in [-0.3, -0.25) is 0 Å². The van der Waals surface area contributed by atoms with Gasteiger partial charge < -0.3 is 15.0 Å². The van der Waals surface area contributed by atoms with Gasteiger partial charge in [0.1, 0.15) is 0 Å². The van der Waals surface area contributed by atoms with Crippen molar-refractivity contribution in [1.82, 2.24) is 9.62 Å². The molecular weight excluding hydrogens is 362 g/mol. The first-order chi connectivity index (χ1) is 13.0. The SMILES string of the molecule is CS(=O)(=O)N1CCOC(CNC2CCN(c3ccc4c(c3)CCC4)CC2)C1. The third kappa shape index (κ3) is 4.65. The summed E-state index contributed by atoms with van der Waals surface area (Å²) in [5.41, 5.74) is 4.44. The van der Waals surface area contributed by atoms with Crippen molar-refractivity contribution in [1.29, 1.82) is 0 Å². The molecule has 1 aromatic rings. The van der Waals surface area contributed by atoms with E-state index >= 15 is 0 Å². The molecule has 1 aliphatic carbocycles. The quantitative estimate of drug-likeness (QED) is 0.819. The fourth-order valence-electron chi connectivity index (χ4n) is 4.51. The minimum atomic E-state index is -3.13. The number of hydrogen-bond donors (Lipinski definition) is 1. The van der Waals surface area contributed by atoms with E-state index in [9.17, 15) is 8.42 Å².